The Kier molecular flexibility index (Phi) is 6.22. The number of benzene rings is 3. The number of nitrogens with zero attached hydrogens (tertiary/aromatic N) is 1. The van der Waals surface area contributed by atoms with E-state index in [2.05, 4.69) is 10.3 Å². The summed E-state index contributed by atoms with van der Waals surface area (Å²) in [4.78, 5) is 30.3. The van der Waals surface area contributed by atoms with E-state index in [1.807, 2.05) is 26.0 Å². The zero-order valence-corrected chi connectivity index (χ0v) is 18.3. The molecule has 3 aromatic carbocycles. The third kappa shape index (κ3) is 5.09. The Morgan fingerprint density at radius 3 is 2.21 bits per heavy atom. The Bertz CT molecular complexity index is 1360. The van der Waals surface area contributed by atoms with Gasteiger partial charge in [0.05, 0.1) is 12.1 Å². The predicted molar refractivity (Wildman–Crippen MR) is 125 cm³/mol. The van der Waals surface area contributed by atoms with Gasteiger partial charge in [0, 0.05) is 17.8 Å². The number of rotatable bonds is 5. The highest BCUT2D eigenvalue weighted by molar-refractivity contribution is 5.89. The second-order valence-corrected chi connectivity index (χ2v) is 8.01. The molecular weight excluding hydrogens is 424 g/mol. The van der Waals surface area contributed by atoms with E-state index in [-0.39, 0.29) is 24.5 Å². The average molecular weight is 447 g/mol. The van der Waals surface area contributed by atoms with Gasteiger partial charge in [-0.1, -0.05) is 24.3 Å². The van der Waals surface area contributed by atoms with Crippen LogP contribution in [-0.2, 0) is 13.1 Å². The maximum absolute atomic E-state index is 13.3. The number of urea groups is 1. The summed E-state index contributed by atoms with van der Waals surface area (Å²) < 4.78 is 26.6. The standard InChI is InChI=1S/C26H23F2N3O2/c1-16-3-6-19-13-20(25(32)30-24(19)17(16)2)15-31(14-18-4-7-21(27)8-5-18)26(33)29-23-11-9-22(28)10-12-23/h3-13H,14-15H2,1-2H3,(H,29,33)(H,30,32). The van der Waals surface area contributed by atoms with E-state index in [0.717, 1.165) is 22.0 Å². The fourth-order valence-electron chi connectivity index (χ4n) is 3.64. The van der Waals surface area contributed by atoms with Gasteiger partial charge in [0.15, 0.2) is 0 Å². The number of nitrogens with one attached hydrogen (secondary N) is 2. The minimum absolute atomic E-state index is 0.0304. The van der Waals surface area contributed by atoms with Crippen molar-refractivity contribution in [2.45, 2.75) is 26.9 Å². The van der Waals surface area contributed by atoms with E-state index in [1.54, 1.807) is 18.2 Å². The van der Waals surface area contributed by atoms with Crippen molar-refractivity contribution in [1.29, 1.82) is 0 Å². The summed E-state index contributed by atoms with van der Waals surface area (Å²) in [7, 11) is 0. The topological polar surface area (TPSA) is 65.2 Å². The molecule has 0 spiro atoms. The molecule has 4 aromatic rings. The van der Waals surface area contributed by atoms with Gasteiger partial charge in [0.1, 0.15) is 11.6 Å². The van der Waals surface area contributed by atoms with Crippen LogP contribution in [0.3, 0.4) is 0 Å². The van der Waals surface area contributed by atoms with Gasteiger partial charge < -0.3 is 15.2 Å². The molecule has 168 valence electrons. The zero-order valence-electron chi connectivity index (χ0n) is 18.3. The van der Waals surface area contributed by atoms with Crippen molar-refractivity contribution in [2.75, 3.05) is 5.32 Å². The molecule has 0 atom stereocenters. The van der Waals surface area contributed by atoms with Crippen LogP contribution >= 0.6 is 0 Å². The second-order valence-electron chi connectivity index (χ2n) is 8.01. The van der Waals surface area contributed by atoms with Crippen molar-refractivity contribution in [2.24, 2.45) is 0 Å². The Labute approximate surface area is 189 Å². The van der Waals surface area contributed by atoms with Crippen molar-refractivity contribution in [1.82, 2.24) is 9.88 Å². The van der Waals surface area contributed by atoms with Crippen molar-refractivity contribution in [3.8, 4) is 0 Å². The first-order valence-corrected chi connectivity index (χ1v) is 10.5. The lowest BCUT2D eigenvalue weighted by molar-refractivity contribution is 0.206. The third-order valence-electron chi connectivity index (χ3n) is 5.66. The lowest BCUT2D eigenvalue weighted by atomic mass is 10.0. The first kappa shape index (κ1) is 22.2. The molecule has 1 aromatic heterocycles. The van der Waals surface area contributed by atoms with Crippen molar-refractivity contribution in [3.05, 3.63) is 111 Å². The predicted octanol–water partition coefficient (Wildman–Crippen LogP) is 5.66. The smallest absolute Gasteiger partial charge is 0.321 e. The van der Waals surface area contributed by atoms with E-state index in [1.165, 1.54) is 41.3 Å². The summed E-state index contributed by atoms with van der Waals surface area (Å²) in [6, 6.07) is 16.4. The van der Waals surface area contributed by atoms with Gasteiger partial charge in [-0.2, -0.15) is 0 Å². The molecular formula is C26H23F2N3O2. The zero-order chi connectivity index (χ0) is 23.5. The molecule has 0 saturated carbocycles. The highest BCUT2D eigenvalue weighted by Gasteiger charge is 2.18. The Hall–Kier alpha value is -4.00. The monoisotopic (exact) mass is 447 g/mol. The number of carbonyl (C=O) groups is 1. The minimum Gasteiger partial charge on any atom is -0.321 e. The average Bonchev–Trinajstić information content (AvgIpc) is 2.80. The molecule has 7 heteroatoms. The van der Waals surface area contributed by atoms with Crippen LogP contribution in [0, 0.1) is 25.5 Å². The minimum atomic E-state index is -0.467. The van der Waals surface area contributed by atoms with Gasteiger partial charge in [-0.15, -0.1) is 0 Å². The highest BCUT2D eigenvalue weighted by Crippen LogP contribution is 2.20. The number of aromatic nitrogens is 1. The molecule has 0 aliphatic heterocycles. The maximum atomic E-state index is 13.3. The molecule has 4 rings (SSSR count). The number of hydrogen-bond donors (Lipinski definition) is 2. The Morgan fingerprint density at radius 2 is 1.55 bits per heavy atom. The third-order valence-corrected chi connectivity index (χ3v) is 5.66. The maximum Gasteiger partial charge on any atom is 0.322 e. The van der Waals surface area contributed by atoms with E-state index < -0.39 is 11.8 Å². The number of amides is 2. The molecule has 0 unspecified atom stereocenters. The first-order valence-electron chi connectivity index (χ1n) is 10.5. The summed E-state index contributed by atoms with van der Waals surface area (Å²) in [6.45, 7) is 4.11. The summed E-state index contributed by atoms with van der Waals surface area (Å²) in [6.07, 6.45) is 0. The Balaban J connectivity index is 1.66. The number of H-pyrrole nitrogens is 1. The molecule has 2 amide bonds. The van der Waals surface area contributed by atoms with Gasteiger partial charge in [0.2, 0.25) is 0 Å². The molecule has 0 bridgehead atoms. The van der Waals surface area contributed by atoms with Crippen LogP contribution in [0.1, 0.15) is 22.3 Å². The number of pyridine rings is 1. The molecule has 0 radical (unpaired) electrons. The largest absolute Gasteiger partial charge is 0.322 e. The molecule has 2 N–H and O–H groups in total. The summed E-state index contributed by atoms with van der Waals surface area (Å²) in [5.74, 6) is -0.790. The molecule has 5 nitrogen and oxygen atoms in total. The lowest BCUT2D eigenvalue weighted by Crippen LogP contribution is -2.35. The molecule has 0 fully saturated rings. The van der Waals surface area contributed by atoms with Crippen LogP contribution in [-0.4, -0.2) is 15.9 Å². The SMILES string of the molecule is Cc1ccc2cc(CN(Cc3ccc(F)cc3)C(=O)Nc3ccc(F)cc3)c(=O)[nH]c2c1C. The van der Waals surface area contributed by atoms with Gasteiger partial charge >= 0.3 is 6.03 Å². The van der Waals surface area contributed by atoms with E-state index >= 15 is 0 Å². The molecule has 0 saturated heterocycles. The van der Waals surface area contributed by atoms with Crippen LogP contribution in [0.5, 0.6) is 0 Å². The number of fused-ring (bicyclic) bond motifs is 1. The van der Waals surface area contributed by atoms with Gasteiger partial charge in [-0.3, -0.25) is 4.79 Å². The number of aryl methyl sites for hydroxylation is 2. The van der Waals surface area contributed by atoms with Crippen molar-refractivity contribution < 1.29 is 13.6 Å². The van der Waals surface area contributed by atoms with E-state index in [9.17, 15) is 18.4 Å². The van der Waals surface area contributed by atoms with Crippen molar-refractivity contribution in [3.63, 3.8) is 0 Å². The number of carbonyl (C=O) groups excluding carboxylic acids is 1. The molecule has 1 heterocycles. The highest BCUT2D eigenvalue weighted by atomic mass is 19.1. The number of aromatic amines is 1. The fraction of sp³-hybridized carbons (Fsp3) is 0.154. The van der Waals surface area contributed by atoms with Crippen molar-refractivity contribution >= 4 is 22.6 Å². The van der Waals surface area contributed by atoms with Gasteiger partial charge in [0.25, 0.3) is 5.56 Å². The number of anilines is 1. The first-order chi connectivity index (χ1) is 15.8. The summed E-state index contributed by atoms with van der Waals surface area (Å²) in [5, 5.41) is 3.60. The van der Waals surface area contributed by atoms with Crippen LogP contribution in [0.25, 0.3) is 10.9 Å². The molecule has 0 aliphatic rings. The Morgan fingerprint density at radius 1 is 0.909 bits per heavy atom. The quantitative estimate of drug-likeness (QED) is 0.415. The summed E-state index contributed by atoms with van der Waals surface area (Å²) >= 11 is 0. The normalized spacial score (nSPS) is 10.9. The lowest BCUT2D eigenvalue weighted by Gasteiger charge is -2.23. The van der Waals surface area contributed by atoms with E-state index in [0.29, 0.717) is 16.8 Å². The van der Waals surface area contributed by atoms with Crippen LogP contribution in [0.15, 0.2) is 71.5 Å². The van der Waals surface area contributed by atoms with Crippen LogP contribution < -0.4 is 10.9 Å². The second kappa shape index (κ2) is 9.24. The van der Waals surface area contributed by atoms with Crippen LogP contribution in [0.4, 0.5) is 19.3 Å². The number of hydrogen-bond acceptors (Lipinski definition) is 2. The van der Waals surface area contributed by atoms with Gasteiger partial charge in [-0.25, -0.2) is 13.6 Å². The van der Waals surface area contributed by atoms with Gasteiger partial charge in [-0.05, 0) is 78.4 Å². The summed E-state index contributed by atoms with van der Waals surface area (Å²) in [5.41, 5.74) is 4.09. The van der Waals surface area contributed by atoms with Crippen LogP contribution in [0.2, 0.25) is 0 Å². The molecule has 33 heavy (non-hydrogen) atoms. The van der Waals surface area contributed by atoms with E-state index in [4.69, 9.17) is 0 Å². The molecule has 0 aliphatic carbocycles. The fourth-order valence-corrected chi connectivity index (χ4v) is 3.64. The number of halogens is 2.